The predicted octanol–water partition coefficient (Wildman–Crippen LogP) is 4.85. The number of benzene rings is 2. The van der Waals surface area contributed by atoms with Crippen LogP contribution in [0.2, 0.25) is 0 Å². The zero-order valence-corrected chi connectivity index (χ0v) is 17.3. The molecule has 5 rings (SSSR count). The summed E-state index contributed by atoms with van der Waals surface area (Å²) < 4.78 is 0. The minimum absolute atomic E-state index is 0.0294. The summed E-state index contributed by atoms with van der Waals surface area (Å²) in [6.07, 6.45) is 5.23. The Morgan fingerprint density at radius 1 is 1.13 bits per heavy atom. The number of H-pyrrole nitrogens is 1. The molecule has 0 spiro atoms. The third-order valence-corrected chi connectivity index (χ3v) is 6.11. The molecule has 0 saturated heterocycles. The molecule has 3 N–H and O–H groups in total. The lowest BCUT2D eigenvalue weighted by Crippen LogP contribution is -2.35. The fraction of sp³-hybridized carbons (Fsp3) is 0.0870. The number of anilines is 3. The molecule has 0 aliphatic carbocycles. The number of pyridine rings is 1. The minimum Gasteiger partial charge on any atom is -0.359 e. The number of nitrogens with zero attached hydrogens (tertiary/aromatic N) is 2. The first kappa shape index (κ1) is 19.2. The average molecular weight is 430 g/mol. The van der Waals surface area contributed by atoms with Crippen LogP contribution in [0.25, 0.3) is 10.9 Å². The number of aromatic amines is 1. The maximum absolute atomic E-state index is 12.6. The van der Waals surface area contributed by atoms with Gasteiger partial charge in [-0.25, -0.2) is 4.79 Å². The molecule has 8 heteroatoms. The maximum atomic E-state index is 12.6. The van der Waals surface area contributed by atoms with Crippen LogP contribution in [0.1, 0.15) is 5.56 Å². The smallest absolute Gasteiger partial charge is 0.323 e. The average Bonchev–Trinajstić information content (AvgIpc) is 3.19. The molecular formula is C23H19N5O2S. The van der Waals surface area contributed by atoms with E-state index in [1.807, 2.05) is 54.6 Å². The number of amides is 3. The fourth-order valence-electron chi connectivity index (χ4n) is 3.59. The van der Waals surface area contributed by atoms with E-state index in [4.69, 9.17) is 0 Å². The number of rotatable bonds is 4. The number of fused-ring (bicyclic) bond motifs is 2. The van der Waals surface area contributed by atoms with E-state index in [-0.39, 0.29) is 11.9 Å². The van der Waals surface area contributed by atoms with Crippen LogP contribution in [-0.4, -0.2) is 27.7 Å². The monoisotopic (exact) mass is 429 g/mol. The van der Waals surface area contributed by atoms with Crippen molar-refractivity contribution in [2.45, 2.75) is 11.4 Å². The van der Waals surface area contributed by atoms with Gasteiger partial charge in [0, 0.05) is 40.1 Å². The summed E-state index contributed by atoms with van der Waals surface area (Å²) in [6, 6.07) is 16.8. The van der Waals surface area contributed by atoms with Crippen molar-refractivity contribution < 1.29 is 9.59 Å². The van der Waals surface area contributed by atoms with Crippen LogP contribution < -0.4 is 15.5 Å². The van der Waals surface area contributed by atoms with Crippen LogP contribution in [0.15, 0.2) is 78.1 Å². The van der Waals surface area contributed by atoms with Crippen molar-refractivity contribution in [3.63, 3.8) is 0 Å². The van der Waals surface area contributed by atoms with E-state index in [9.17, 15) is 9.59 Å². The summed E-state index contributed by atoms with van der Waals surface area (Å²) in [5.41, 5.74) is 4.00. The second-order valence-corrected chi connectivity index (χ2v) is 8.16. The summed E-state index contributed by atoms with van der Waals surface area (Å²) in [7, 11) is 0. The van der Waals surface area contributed by atoms with Gasteiger partial charge in [0.05, 0.1) is 23.7 Å². The summed E-state index contributed by atoms with van der Waals surface area (Å²) >= 11 is 1.50. The Morgan fingerprint density at radius 2 is 2.03 bits per heavy atom. The highest BCUT2D eigenvalue weighted by molar-refractivity contribution is 8.00. The third-order valence-electron chi connectivity index (χ3n) is 5.06. The molecule has 0 unspecified atom stereocenters. The summed E-state index contributed by atoms with van der Waals surface area (Å²) in [5, 5.41) is 6.69. The van der Waals surface area contributed by atoms with E-state index < -0.39 is 0 Å². The molecule has 2 aromatic heterocycles. The number of carbonyl (C=O) groups is 2. The zero-order valence-electron chi connectivity index (χ0n) is 16.5. The molecule has 31 heavy (non-hydrogen) atoms. The van der Waals surface area contributed by atoms with E-state index in [1.165, 1.54) is 11.8 Å². The van der Waals surface area contributed by atoms with Gasteiger partial charge in [0.25, 0.3) is 0 Å². The Labute approximate surface area is 182 Å². The van der Waals surface area contributed by atoms with Crippen LogP contribution in [0, 0.1) is 0 Å². The van der Waals surface area contributed by atoms with E-state index in [0.717, 1.165) is 27.0 Å². The molecule has 1 aliphatic heterocycles. The van der Waals surface area contributed by atoms with E-state index in [1.54, 1.807) is 23.5 Å². The number of hydrogen-bond acceptors (Lipinski definition) is 4. The molecule has 0 bridgehead atoms. The first-order valence-corrected chi connectivity index (χ1v) is 10.8. The van der Waals surface area contributed by atoms with Crippen molar-refractivity contribution in [3.05, 3.63) is 78.8 Å². The Morgan fingerprint density at radius 3 is 2.90 bits per heavy atom. The molecule has 4 aromatic rings. The van der Waals surface area contributed by atoms with Crippen LogP contribution in [0.3, 0.4) is 0 Å². The molecule has 0 fully saturated rings. The van der Waals surface area contributed by atoms with Gasteiger partial charge >= 0.3 is 6.03 Å². The molecule has 3 heterocycles. The lowest BCUT2D eigenvalue weighted by molar-refractivity contribution is -0.116. The standard InChI is InChI=1S/C23H19N5O2S/c29-22-14-31-21-8-7-16(10-20(21)28(22)13-15-4-3-9-24-11-15)26-23(30)27-19-12-25-18-6-2-1-5-17(18)19/h1-12,25H,13-14H2,(H2,26,27,30). The highest BCUT2D eigenvalue weighted by atomic mass is 32.2. The first-order valence-electron chi connectivity index (χ1n) is 9.77. The van der Waals surface area contributed by atoms with Crippen molar-refractivity contribution in [2.24, 2.45) is 0 Å². The van der Waals surface area contributed by atoms with E-state index in [0.29, 0.717) is 23.7 Å². The number of aromatic nitrogens is 2. The molecule has 0 radical (unpaired) electrons. The lowest BCUT2D eigenvalue weighted by atomic mass is 10.2. The van der Waals surface area contributed by atoms with E-state index in [2.05, 4.69) is 20.6 Å². The summed E-state index contributed by atoms with van der Waals surface area (Å²) in [5.74, 6) is 0.419. The van der Waals surface area contributed by atoms with Crippen LogP contribution in [-0.2, 0) is 11.3 Å². The number of carbonyl (C=O) groups excluding carboxylic acids is 2. The van der Waals surface area contributed by atoms with Gasteiger partial charge in [-0.05, 0) is 35.9 Å². The van der Waals surface area contributed by atoms with E-state index >= 15 is 0 Å². The topological polar surface area (TPSA) is 90.1 Å². The normalized spacial score (nSPS) is 13.2. The Hall–Kier alpha value is -3.78. The molecular weight excluding hydrogens is 410 g/mol. The molecule has 0 atom stereocenters. The van der Waals surface area contributed by atoms with Gasteiger partial charge in [0.15, 0.2) is 0 Å². The van der Waals surface area contributed by atoms with Crippen molar-refractivity contribution in [3.8, 4) is 0 Å². The van der Waals surface area contributed by atoms with Gasteiger partial charge in [-0.15, -0.1) is 11.8 Å². The molecule has 2 aromatic carbocycles. The van der Waals surface area contributed by atoms with Crippen LogP contribution >= 0.6 is 11.8 Å². The Kier molecular flexibility index (Phi) is 5.05. The van der Waals surface area contributed by atoms with Crippen LogP contribution in [0.5, 0.6) is 0 Å². The highest BCUT2D eigenvalue weighted by Gasteiger charge is 2.25. The van der Waals surface area contributed by atoms with Gasteiger partial charge in [-0.2, -0.15) is 0 Å². The number of hydrogen-bond donors (Lipinski definition) is 3. The Balaban J connectivity index is 1.36. The van der Waals surface area contributed by atoms with Gasteiger partial charge < -0.3 is 20.5 Å². The SMILES string of the molecule is O=C(Nc1ccc2c(c1)N(Cc1cccnc1)C(=O)CS2)Nc1c[nH]c2ccccc12. The number of urea groups is 1. The predicted molar refractivity (Wildman–Crippen MR) is 124 cm³/mol. The van der Waals surface area contributed by atoms with Crippen molar-refractivity contribution in [1.82, 2.24) is 9.97 Å². The van der Waals surface area contributed by atoms with Gasteiger partial charge in [-0.1, -0.05) is 24.3 Å². The summed E-state index contributed by atoms with van der Waals surface area (Å²) in [6.45, 7) is 0.436. The van der Waals surface area contributed by atoms with Crippen LogP contribution in [0.4, 0.5) is 21.9 Å². The van der Waals surface area contributed by atoms with Gasteiger partial charge in [-0.3, -0.25) is 9.78 Å². The maximum Gasteiger partial charge on any atom is 0.323 e. The second-order valence-electron chi connectivity index (χ2n) is 7.14. The van der Waals surface area contributed by atoms with Gasteiger partial charge in [0.1, 0.15) is 0 Å². The quantitative estimate of drug-likeness (QED) is 0.433. The molecule has 1 aliphatic rings. The van der Waals surface area contributed by atoms with Crippen molar-refractivity contribution in [1.29, 1.82) is 0 Å². The van der Waals surface area contributed by atoms with Crippen molar-refractivity contribution in [2.75, 3.05) is 21.3 Å². The highest BCUT2D eigenvalue weighted by Crippen LogP contribution is 2.38. The van der Waals surface area contributed by atoms with Crippen molar-refractivity contribution >= 4 is 51.7 Å². The third kappa shape index (κ3) is 3.97. The second kappa shape index (κ2) is 8.16. The zero-order chi connectivity index (χ0) is 21.2. The molecule has 3 amide bonds. The molecule has 154 valence electrons. The lowest BCUT2D eigenvalue weighted by Gasteiger charge is -2.29. The summed E-state index contributed by atoms with van der Waals surface area (Å²) in [4.78, 5) is 35.2. The Bertz CT molecular complexity index is 1270. The largest absolute Gasteiger partial charge is 0.359 e. The molecule has 7 nitrogen and oxygen atoms in total. The minimum atomic E-state index is -0.349. The number of thioether (sulfide) groups is 1. The molecule has 0 saturated carbocycles. The number of nitrogens with one attached hydrogen (secondary N) is 3. The first-order chi connectivity index (χ1) is 15.2. The fourth-order valence-corrected chi connectivity index (χ4v) is 4.50. The number of para-hydroxylation sites is 1. The van der Waals surface area contributed by atoms with Gasteiger partial charge in [0.2, 0.25) is 5.91 Å².